The van der Waals surface area contributed by atoms with Gasteiger partial charge in [-0.05, 0) is 61.6 Å². The van der Waals surface area contributed by atoms with Crippen LogP contribution in [0.25, 0.3) is 0 Å². The molecule has 0 aromatic heterocycles. The first-order chi connectivity index (χ1) is 12.7. The van der Waals surface area contributed by atoms with Crippen molar-refractivity contribution in [3.63, 3.8) is 0 Å². The predicted molar refractivity (Wildman–Crippen MR) is 112 cm³/mol. The molecule has 146 valence electrons. The van der Waals surface area contributed by atoms with Gasteiger partial charge in [0.1, 0.15) is 6.04 Å². The highest BCUT2D eigenvalue weighted by Gasteiger charge is 2.31. The number of rotatable bonds is 7. The van der Waals surface area contributed by atoms with Crippen LogP contribution in [-0.4, -0.2) is 26.6 Å². The number of aryl methyl sites for hydroxylation is 3. The molecule has 0 bridgehead atoms. The molecule has 1 atom stereocenters. The van der Waals surface area contributed by atoms with Gasteiger partial charge in [0.05, 0.1) is 11.9 Å². The lowest BCUT2D eigenvalue weighted by atomic mass is 10.1. The zero-order valence-electron chi connectivity index (χ0n) is 16.6. The standard InChI is InChI=1S/C21H28N2O3S/c1-6-17-10-8-9-11-19(17)22-21(24)20(7-2)23(27(5,25)26)18-13-12-15(3)16(4)14-18/h8-14,20H,6-7H2,1-5H3,(H,22,24). The first-order valence-electron chi connectivity index (χ1n) is 9.14. The molecule has 0 aliphatic heterocycles. The van der Waals surface area contributed by atoms with Crippen LogP contribution in [-0.2, 0) is 21.2 Å². The van der Waals surface area contributed by atoms with Crippen LogP contribution in [0.5, 0.6) is 0 Å². The molecule has 1 amide bonds. The van der Waals surface area contributed by atoms with Gasteiger partial charge in [0.15, 0.2) is 0 Å². The molecule has 2 aromatic rings. The Balaban J connectivity index is 2.43. The zero-order chi connectivity index (χ0) is 20.2. The van der Waals surface area contributed by atoms with Crippen LogP contribution in [0.1, 0.15) is 37.0 Å². The fourth-order valence-corrected chi connectivity index (χ4v) is 4.29. The molecular formula is C21H28N2O3S. The van der Waals surface area contributed by atoms with Crippen LogP contribution in [0.15, 0.2) is 42.5 Å². The number of amides is 1. The molecule has 0 heterocycles. The summed E-state index contributed by atoms with van der Waals surface area (Å²) in [5.74, 6) is -0.331. The Bertz CT molecular complexity index is 923. The fraction of sp³-hybridized carbons (Fsp3) is 0.381. The van der Waals surface area contributed by atoms with Gasteiger partial charge in [-0.1, -0.05) is 38.1 Å². The minimum absolute atomic E-state index is 0.331. The van der Waals surface area contributed by atoms with Gasteiger partial charge in [0.2, 0.25) is 15.9 Å². The molecule has 2 aromatic carbocycles. The van der Waals surface area contributed by atoms with Crippen LogP contribution in [0, 0.1) is 13.8 Å². The number of nitrogens with zero attached hydrogens (tertiary/aromatic N) is 1. The van der Waals surface area contributed by atoms with Crippen molar-refractivity contribution in [1.82, 2.24) is 0 Å². The third kappa shape index (κ3) is 4.89. The second-order valence-corrected chi connectivity index (χ2v) is 8.61. The van der Waals surface area contributed by atoms with Crippen LogP contribution in [0.4, 0.5) is 11.4 Å². The van der Waals surface area contributed by atoms with E-state index in [1.807, 2.05) is 64.1 Å². The lowest BCUT2D eigenvalue weighted by Crippen LogP contribution is -2.47. The molecule has 1 unspecified atom stereocenters. The smallest absolute Gasteiger partial charge is 0.248 e. The van der Waals surface area contributed by atoms with Crippen molar-refractivity contribution < 1.29 is 13.2 Å². The Morgan fingerprint density at radius 3 is 2.30 bits per heavy atom. The molecule has 2 rings (SSSR count). The average molecular weight is 389 g/mol. The summed E-state index contributed by atoms with van der Waals surface area (Å²) in [5, 5.41) is 2.92. The van der Waals surface area contributed by atoms with Crippen LogP contribution in [0.2, 0.25) is 0 Å². The van der Waals surface area contributed by atoms with E-state index in [0.717, 1.165) is 35.1 Å². The molecule has 0 spiro atoms. The molecule has 0 aliphatic carbocycles. The lowest BCUT2D eigenvalue weighted by molar-refractivity contribution is -0.117. The molecule has 1 N–H and O–H groups in total. The quantitative estimate of drug-likeness (QED) is 0.778. The molecule has 0 radical (unpaired) electrons. The van der Waals surface area contributed by atoms with E-state index in [0.29, 0.717) is 12.1 Å². The SMILES string of the molecule is CCc1ccccc1NC(=O)C(CC)N(c1ccc(C)c(C)c1)S(C)(=O)=O. The highest BCUT2D eigenvalue weighted by Crippen LogP contribution is 2.26. The summed E-state index contributed by atoms with van der Waals surface area (Å²) >= 11 is 0. The topological polar surface area (TPSA) is 66.5 Å². The van der Waals surface area contributed by atoms with E-state index < -0.39 is 16.1 Å². The Morgan fingerprint density at radius 1 is 1.07 bits per heavy atom. The summed E-state index contributed by atoms with van der Waals surface area (Å²) in [6.45, 7) is 7.72. The van der Waals surface area contributed by atoms with E-state index in [9.17, 15) is 13.2 Å². The lowest BCUT2D eigenvalue weighted by Gasteiger charge is -2.30. The van der Waals surface area contributed by atoms with E-state index in [4.69, 9.17) is 0 Å². The minimum atomic E-state index is -3.64. The van der Waals surface area contributed by atoms with Gasteiger partial charge >= 0.3 is 0 Å². The molecule has 0 aliphatic rings. The average Bonchev–Trinajstić information content (AvgIpc) is 2.61. The predicted octanol–water partition coefficient (Wildman–Crippen LogP) is 4.05. The Labute approximate surface area is 162 Å². The number of anilines is 2. The molecule has 0 fully saturated rings. The van der Waals surface area contributed by atoms with E-state index in [1.54, 1.807) is 6.07 Å². The van der Waals surface area contributed by atoms with E-state index >= 15 is 0 Å². The highest BCUT2D eigenvalue weighted by molar-refractivity contribution is 7.92. The first kappa shape index (κ1) is 21.0. The van der Waals surface area contributed by atoms with Crippen molar-refractivity contribution >= 4 is 27.3 Å². The van der Waals surface area contributed by atoms with Crippen molar-refractivity contribution in [3.05, 3.63) is 59.2 Å². The molecule has 0 saturated carbocycles. The maximum atomic E-state index is 13.0. The number of hydrogen-bond donors (Lipinski definition) is 1. The van der Waals surface area contributed by atoms with E-state index in [-0.39, 0.29) is 5.91 Å². The normalized spacial score (nSPS) is 12.5. The number of nitrogens with one attached hydrogen (secondary N) is 1. The summed E-state index contributed by atoms with van der Waals surface area (Å²) in [4.78, 5) is 13.0. The van der Waals surface area contributed by atoms with Gasteiger partial charge in [-0.2, -0.15) is 0 Å². The number of hydrogen-bond acceptors (Lipinski definition) is 3. The second kappa shape index (κ2) is 8.57. The number of carbonyl (C=O) groups is 1. The maximum Gasteiger partial charge on any atom is 0.248 e. The summed E-state index contributed by atoms with van der Waals surface area (Å²) in [5.41, 5.74) is 4.29. The Kier molecular flexibility index (Phi) is 6.65. The minimum Gasteiger partial charge on any atom is -0.324 e. The van der Waals surface area contributed by atoms with E-state index in [2.05, 4.69) is 5.32 Å². The largest absolute Gasteiger partial charge is 0.324 e. The van der Waals surface area contributed by atoms with Crippen LogP contribution < -0.4 is 9.62 Å². The molecule has 6 heteroatoms. The monoisotopic (exact) mass is 388 g/mol. The summed E-state index contributed by atoms with van der Waals surface area (Å²) in [7, 11) is -3.64. The van der Waals surface area contributed by atoms with Crippen molar-refractivity contribution in [2.45, 2.75) is 46.6 Å². The summed E-state index contributed by atoms with van der Waals surface area (Å²) in [6.07, 6.45) is 2.28. The highest BCUT2D eigenvalue weighted by atomic mass is 32.2. The Morgan fingerprint density at radius 2 is 1.74 bits per heavy atom. The maximum absolute atomic E-state index is 13.0. The van der Waals surface area contributed by atoms with Crippen molar-refractivity contribution in [1.29, 1.82) is 0 Å². The van der Waals surface area contributed by atoms with E-state index in [1.165, 1.54) is 4.31 Å². The van der Waals surface area contributed by atoms with Gasteiger partial charge in [0, 0.05) is 5.69 Å². The zero-order valence-corrected chi connectivity index (χ0v) is 17.4. The molecule has 27 heavy (non-hydrogen) atoms. The molecule has 5 nitrogen and oxygen atoms in total. The van der Waals surface area contributed by atoms with Crippen LogP contribution >= 0.6 is 0 Å². The summed E-state index contributed by atoms with van der Waals surface area (Å²) < 4.78 is 26.3. The van der Waals surface area contributed by atoms with Gasteiger partial charge in [-0.3, -0.25) is 9.10 Å². The van der Waals surface area contributed by atoms with Crippen molar-refractivity contribution in [3.8, 4) is 0 Å². The van der Waals surface area contributed by atoms with Crippen molar-refractivity contribution in [2.75, 3.05) is 15.9 Å². The second-order valence-electron chi connectivity index (χ2n) is 6.75. The van der Waals surface area contributed by atoms with Gasteiger partial charge in [0.25, 0.3) is 0 Å². The third-order valence-corrected chi connectivity index (χ3v) is 5.91. The van der Waals surface area contributed by atoms with Gasteiger partial charge in [-0.25, -0.2) is 8.42 Å². The van der Waals surface area contributed by atoms with Gasteiger partial charge < -0.3 is 5.32 Å². The third-order valence-electron chi connectivity index (χ3n) is 4.73. The number of carbonyl (C=O) groups excluding carboxylic acids is 1. The number of benzene rings is 2. The van der Waals surface area contributed by atoms with Gasteiger partial charge in [-0.15, -0.1) is 0 Å². The molecular weight excluding hydrogens is 360 g/mol. The first-order valence-corrected chi connectivity index (χ1v) is 11.0. The Hall–Kier alpha value is -2.34. The fourth-order valence-electron chi connectivity index (χ4n) is 3.09. The number of sulfonamides is 1. The molecule has 0 saturated heterocycles. The van der Waals surface area contributed by atoms with Crippen LogP contribution in [0.3, 0.4) is 0 Å². The summed E-state index contributed by atoms with van der Waals surface area (Å²) in [6, 6.07) is 12.2. The van der Waals surface area contributed by atoms with Crippen molar-refractivity contribution in [2.24, 2.45) is 0 Å². The number of para-hydroxylation sites is 1.